The highest BCUT2D eigenvalue weighted by atomic mass is 16.5. The number of hydrogen-bond donors (Lipinski definition) is 1. The van der Waals surface area contributed by atoms with Gasteiger partial charge in [0.15, 0.2) is 11.5 Å². The molecule has 1 aliphatic heterocycles. The standard InChI is InChI=1S/C37H39N3O3/c1-27(2)39(25-30-12-5-4-6-13-30)22-10-21-38-36(41)32-19-17-29(18-20-32)24-35-37(42)40(26-31-14-9-11-28(3)23-31)33-15-7-8-16-34(33)43-35/h4-9,11-20,23-24,27H,10,21-22,25-26H2,1-3H3,(H,38,41)/b35-24+. The highest BCUT2D eigenvalue weighted by Crippen LogP contribution is 2.36. The van der Waals surface area contributed by atoms with E-state index in [-0.39, 0.29) is 17.6 Å². The normalized spacial score (nSPS) is 13.7. The van der Waals surface area contributed by atoms with E-state index in [0.29, 0.717) is 30.4 Å². The molecule has 1 N–H and O–H groups in total. The van der Waals surface area contributed by atoms with Gasteiger partial charge in [0.25, 0.3) is 11.8 Å². The molecule has 220 valence electrons. The summed E-state index contributed by atoms with van der Waals surface area (Å²) in [7, 11) is 0. The molecule has 0 fully saturated rings. The number of carbonyl (C=O) groups excluding carboxylic acids is 2. The van der Waals surface area contributed by atoms with Crippen LogP contribution in [0.4, 0.5) is 5.69 Å². The van der Waals surface area contributed by atoms with Crippen molar-refractivity contribution in [3.05, 3.63) is 137 Å². The summed E-state index contributed by atoms with van der Waals surface area (Å²) in [6, 6.07) is 33.8. The fourth-order valence-corrected chi connectivity index (χ4v) is 5.22. The minimum absolute atomic E-state index is 0.110. The van der Waals surface area contributed by atoms with Crippen LogP contribution < -0.4 is 15.0 Å². The molecule has 0 unspecified atom stereocenters. The zero-order valence-corrected chi connectivity index (χ0v) is 25.1. The summed E-state index contributed by atoms with van der Waals surface area (Å²) in [6.45, 7) is 9.28. The van der Waals surface area contributed by atoms with Crippen LogP contribution in [-0.4, -0.2) is 35.8 Å². The number of para-hydroxylation sites is 2. The molecular weight excluding hydrogens is 534 g/mol. The quantitative estimate of drug-likeness (QED) is 0.155. The maximum atomic E-state index is 13.6. The van der Waals surface area contributed by atoms with Crippen molar-refractivity contribution in [1.29, 1.82) is 0 Å². The Morgan fingerprint density at radius 3 is 2.37 bits per heavy atom. The van der Waals surface area contributed by atoms with E-state index < -0.39 is 0 Å². The maximum Gasteiger partial charge on any atom is 0.294 e. The lowest BCUT2D eigenvalue weighted by Gasteiger charge is -2.30. The molecule has 0 spiro atoms. The molecule has 5 rings (SSSR count). The Bertz CT molecular complexity index is 1580. The monoisotopic (exact) mass is 573 g/mol. The van der Waals surface area contributed by atoms with Crippen LogP contribution in [0, 0.1) is 6.92 Å². The Labute approximate surface area is 254 Å². The van der Waals surface area contributed by atoms with E-state index in [9.17, 15) is 9.59 Å². The van der Waals surface area contributed by atoms with Gasteiger partial charge in [0, 0.05) is 31.2 Å². The lowest BCUT2D eigenvalue weighted by molar-refractivity contribution is -0.117. The van der Waals surface area contributed by atoms with Gasteiger partial charge in [-0.2, -0.15) is 0 Å². The third-order valence-corrected chi connectivity index (χ3v) is 7.59. The van der Waals surface area contributed by atoms with Crippen LogP contribution in [0.25, 0.3) is 6.08 Å². The van der Waals surface area contributed by atoms with Crippen LogP contribution in [-0.2, 0) is 17.9 Å². The van der Waals surface area contributed by atoms with E-state index in [4.69, 9.17) is 4.74 Å². The van der Waals surface area contributed by atoms with Gasteiger partial charge in [0.2, 0.25) is 0 Å². The summed E-state index contributed by atoms with van der Waals surface area (Å²) in [5, 5.41) is 3.04. The number of nitrogens with zero attached hydrogens (tertiary/aromatic N) is 2. The number of fused-ring (bicyclic) bond motifs is 1. The number of carbonyl (C=O) groups is 2. The van der Waals surface area contributed by atoms with Gasteiger partial charge in [-0.1, -0.05) is 84.4 Å². The van der Waals surface area contributed by atoms with E-state index in [1.807, 2.05) is 67.6 Å². The zero-order chi connectivity index (χ0) is 30.2. The van der Waals surface area contributed by atoms with Crippen LogP contribution in [0.1, 0.15) is 52.9 Å². The summed E-state index contributed by atoms with van der Waals surface area (Å²) in [5.41, 5.74) is 5.59. The van der Waals surface area contributed by atoms with Gasteiger partial charge in [0.1, 0.15) is 0 Å². The molecule has 6 heteroatoms. The molecule has 0 atom stereocenters. The fraction of sp³-hybridized carbons (Fsp3) is 0.243. The Hall–Kier alpha value is -4.68. The number of rotatable bonds is 11. The largest absolute Gasteiger partial charge is 0.449 e. The maximum absolute atomic E-state index is 13.6. The summed E-state index contributed by atoms with van der Waals surface area (Å²) in [6.07, 6.45) is 2.59. The SMILES string of the molecule is Cc1cccc(CN2C(=O)/C(=C\c3ccc(C(=O)NCCCN(Cc4ccccc4)C(C)C)cc3)Oc3ccccc32)c1. The number of hydrogen-bond acceptors (Lipinski definition) is 4. The van der Waals surface area contributed by atoms with E-state index in [1.54, 1.807) is 23.1 Å². The molecular formula is C37H39N3O3. The Balaban J connectivity index is 1.20. The molecule has 0 aliphatic carbocycles. The van der Waals surface area contributed by atoms with Crippen molar-refractivity contribution in [2.24, 2.45) is 0 Å². The molecule has 2 amide bonds. The number of benzene rings is 4. The third kappa shape index (κ3) is 7.79. The van der Waals surface area contributed by atoms with Crippen LogP contribution >= 0.6 is 0 Å². The summed E-state index contributed by atoms with van der Waals surface area (Å²) in [4.78, 5) is 30.5. The lowest BCUT2D eigenvalue weighted by Crippen LogP contribution is -2.36. The molecule has 0 saturated heterocycles. The first-order valence-electron chi connectivity index (χ1n) is 14.9. The minimum atomic E-state index is -0.204. The zero-order valence-electron chi connectivity index (χ0n) is 25.1. The van der Waals surface area contributed by atoms with Gasteiger partial charge in [-0.25, -0.2) is 0 Å². The van der Waals surface area contributed by atoms with Crippen LogP contribution in [0.5, 0.6) is 5.75 Å². The average Bonchev–Trinajstić information content (AvgIpc) is 3.01. The van der Waals surface area contributed by atoms with Gasteiger partial charge < -0.3 is 10.1 Å². The number of amides is 2. The van der Waals surface area contributed by atoms with Crippen molar-refractivity contribution in [1.82, 2.24) is 10.2 Å². The Kier molecular flexibility index (Phi) is 9.70. The molecule has 0 aromatic heterocycles. The van der Waals surface area contributed by atoms with Crippen molar-refractivity contribution in [2.75, 3.05) is 18.0 Å². The molecule has 43 heavy (non-hydrogen) atoms. The second kappa shape index (κ2) is 14.0. The highest BCUT2D eigenvalue weighted by Gasteiger charge is 2.30. The molecule has 1 aliphatic rings. The first kappa shape index (κ1) is 29.8. The fourth-order valence-electron chi connectivity index (χ4n) is 5.22. The molecule has 6 nitrogen and oxygen atoms in total. The van der Waals surface area contributed by atoms with Crippen molar-refractivity contribution in [3.8, 4) is 5.75 Å². The van der Waals surface area contributed by atoms with E-state index in [2.05, 4.69) is 54.4 Å². The molecule has 0 saturated carbocycles. The smallest absolute Gasteiger partial charge is 0.294 e. The van der Waals surface area contributed by atoms with Crippen molar-refractivity contribution < 1.29 is 14.3 Å². The van der Waals surface area contributed by atoms with Gasteiger partial charge in [-0.15, -0.1) is 0 Å². The predicted molar refractivity (Wildman–Crippen MR) is 173 cm³/mol. The molecule has 0 bridgehead atoms. The van der Waals surface area contributed by atoms with Crippen molar-refractivity contribution >= 4 is 23.6 Å². The summed E-state index contributed by atoms with van der Waals surface area (Å²) >= 11 is 0. The Morgan fingerprint density at radius 2 is 1.63 bits per heavy atom. The van der Waals surface area contributed by atoms with Crippen LogP contribution in [0.15, 0.2) is 109 Å². The number of aryl methyl sites for hydroxylation is 1. The van der Waals surface area contributed by atoms with Gasteiger partial charge >= 0.3 is 0 Å². The van der Waals surface area contributed by atoms with Gasteiger partial charge in [-0.3, -0.25) is 19.4 Å². The van der Waals surface area contributed by atoms with Gasteiger partial charge in [-0.05, 0) is 74.2 Å². The topological polar surface area (TPSA) is 61.9 Å². The predicted octanol–water partition coefficient (Wildman–Crippen LogP) is 6.99. The molecule has 1 heterocycles. The first-order chi connectivity index (χ1) is 20.9. The minimum Gasteiger partial charge on any atom is -0.449 e. The van der Waals surface area contributed by atoms with Crippen LogP contribution in [0.3, 0.4) is 0 Å². The summed E-state index contributed by atoms with van der Waals surface area (Å²) < 4.78 is 6.04. The van der Waals surface area contributed by atoms with E-state index in [1.165, 1.54) is 5.56 Å². The second-order valence-electron chi connectivity index (χ2n) is 11.2. The number of anilines is 1. The first-order valence-corrected chi connectivity index (χ1v) is 14.9. The van der Waals surface area contributed by atoms with Gasteiger partial charge in [0.05, 0.1) is 12.2 Å². The molecule has 0 radical (unpaired) electrons. The summed E-state index contributed by atoms with van der Waals surface area (Å²) in [5.74, 6) is 0.567. The lowest BCUT2D eigenvalue weighted by atomic mass is 10.1. The Morgan fingerprint density at radius 1 is 0.907 bits per heavy atom. The number of ether oxygens (including phenoxy) is 1. The highest BCUT2D eigenvalue weighted by molar-refractivity contribution is 6.09. The molecule has 4 aromatic rings. The van der Waals surface area contributed by atoms with Crippen molar-refractivity contribution in [3.63, 3.8) is 0 Å². The van der Waals surface area contributed by atoms with Crippen molar-refractivity contribution in [2.45, 2.75) is 46.3 Å². The number of nitrogens with one attached hydrogen (secondary N) is 1. The average molecular weight is 574 g/mol. The van der Waals surface area contributed by atoms with Crippen LogP contribution in [0.2, 0.25) is 0 Å². The second-order valence-corrected chi connectivity index (χ2v) is 11.2. The molecule has 4 aromatic carbocycles. The van der Waals surface area contributed by atoms with E-state index in [0.717, 1.165) is 41.9 Å². The van der Waals surface area contributed by atoms with E-state index >= 15 is 0 Å². The third-order valence-electron chi connectivity index (χ3n) is 7.59.